The lowest BCUT2D eigenvalue weighted by atomic mass is 10.2. The van der Waals surface area contributed by atoms with Crippen molar-refractivity contribution < 1.29 is 14.2 Å². The molecule has 1 aliphatic rings. The maximum atomic E-state index is 5.53. The number of guanidine groups is 1. The van der Waals surface area contributed by atoms with Crippen molar-refractivity contribution in [2.24, 2.45) is 4.99 Å². The van der Waals surface area contributed by atoms with E-state index >= 15 is 0 Å². The molecule has 6 heteroatoms. The van der Waals surface area contributed by atoms with Gasteiger partial charge in [0.15, 0.2) is 17.5 Å². The van der Waals surface area contributed by atoms with E-state index in [2.05, 4.69) is 21.7 Å². The molecule has 0 saturated heterocycles. The van der Waals surface area contributed by atoms with Gasteiger partial charge in [-0.05, 0) is 42.3 Å². The van der Waals surface area contributed by atoms with Crippen LogP contribution in [0.3, 0.4) is 0 Å². The number of hydrogen-bond donors (Lipinski definition) is 2. The predicted molar refractivity (Wildman–Crippen MR) is 97.2 cm³/mol. The molecule has 0 spiro atoms. The monoisotopic (exact) mass is 341 g/mol. The molecule has 0 bridgehead atoms. The molecule has 0 radical (unpaired) electrons. The summed E-state index contributed by atoms with van der Waals surface area (Å²) in [6, 6.07) is 14.0. The average molecular weight is 341 g/mol. The average Bonchev–Trinajstić information content (AvgIpc) is 3.10. The minimum absolute atomic E-state index is 0.288. The van der Waals surface area contributed by atoms with Gasteiger partial charge in [-0.1, -0.05) is 18.2 Å². The first-order chi connectivity index (χ1) is 12.3. The van der Waals surface area contributed by atoms with E-state index in [1.807, 2.05) is 43.3 Å². The van der Waals surface area contributed by atoms with E-state index in [0.717, 1.165) is 34.3 Å². The van der Waals surface area contributed by atoms with Gasteiger partial charge in [0, 0.05) is 20.1 Å². The van der Waals surface area contributed by atoms with Crippen LogP contribution in [-0.2, 0) is 13.1 Å². The molecule has 0 unspecified atom stereocenters. The van der Waals surface area contributed by atoms with E-state index in [4.69, 9.17) is 14.2 Å². The van der Waals surface area contributed by atoms with Crippen LogP contribution in [0.1, 0.15) is 18.1 Å². The molecule has 1 heterocycles. The molecule has 0 aromatic heterocycles. The van der Waals surface area contributed by atoms with E-state index in [9.17, 15) is 0 Å². The Labute approximate surface area is 147 Å². The quantitative estimate of drug-likeness (QED) is 0.625. The third-order valence-electron chi connectivity index (χ3n) is 3.79. The van der Waals surface area contributed by atoms with Crippen molar-refractivity contribution in [2.75, 3.05) is 20.4 Å². The standard InChI is InChI=1S/C19H23N3O3/c1-3-23-16-6-4-5-14(9-16)11-21-19(20-2)22-12-15-7-8-17-18(10-15)25-13-24-17/h4-10H,3,11-13H2,1-2H3,(H2,20,21,22). The van der Waals surface area contributed by atoms with Gasteiger partial charge in [-0.2, -0.15) is 0 Å². The third kappa shape index (κ3) is 4.56. The predicted octanol–water partition coefficient (Wildman–Crippen LogP) is 2.68. The molecule has 0 amide bonds. The van der Waals surface area contributed by atoms with Crippen LogP contribution < -0.4 is 24.8 Å². The molecular formula is C19H23N3O3. The highest BCUT2D eigenvalue weighted by molar-refractivity contribution is 5.79. The van der Waals surface area contributed by atoms with Gasteiger partial charge in [0.2, 0.25) is 6.79 Å². The van der Waals surface area contributed by atoms with Crippen LogP contribution in [0.25, 0.3) is 0 Å². The van der Waals surface area contributed by atoms with Gasteiger partial charge >= 0.3 is 0 Å². The largest absolute Gasteiger partial charge is 0.494 e. The Morgan fingerprint density at radius 2 is 1.80 bits per heavy atom. The van der Waals surface area contributed by atoms with Gasteiger partial charge in [0.05, 0.1) is 6.61 Å². The van der Waals surface area contributed by atoms with E-state index in [0.29, 0.717) is 19.7 Å². The molecule has 0 fully saturated rings. The summed E-state index contributed by atoms with van der Waals surface area (Å²) in [6.45, 7) is 4.25. The minimum atomic E-state index is 0.288. The molecule has 1 aliphatic heterocycles. The molecule has 0 saturated carbocycles. The fourth-order valence-electron chi connectivity index (χ4n) is 2.55. The van der Waals surface area contributed by atoms with E-state index < -0.39 is 0 Å². The van der Waals surface area contributed by atoms with E-state index in [1.54, 1.807) is 7.05 Å². The van der Waals surface area contributed by atoms with Gasteiger partial charge in [-0.25, -0.2) is 0 Å². The Kier molecular flexibility index (Phi) is 5.61. The number of fused-ring (bicyclic) bond motifs is 1. The van der Waals surface area contributed by atoms with Crippen molar-refractivity contribution in [3.8, 4) is 17.2 Å². The second-order valence-electron chi connectivity index (χ2n) is 5.55. The molecule has 6 nitrogen and oxygen atoms in total. The highest BCUT2D eigenvalue weighted by Crippen LogP contribution is 2.32. The van der Waals surface area contributed by atoms with Crippen LogP contribution in [0, 0.1) is 0 Å². The van der Waals surface area contributed by atoms with Crippen LogP contribution in [-0.4, -0.2) is 26.4 Å². The lowest BCUT2D eigenvalue weighted by Crippen LogP contribution is -2.36. The number of aliphatic imine (C=N–C) groups is 1. The molecule has 3 rings (SSSR count). The smallest absolute Gasteiger partial charge is 0.231 e. The first-order valence-corrected chi connectivity index (χ1v) is 8.33. The summed E-state index contributed by atoms with van der Waals surface area (Å²) < 4.78 is 16.3. The zero-order valence-corrected chi connectivity index (χ0v) is 14.5. The van der Waals surface area contributed by atoms with Gasteiger partial charge < -0.3 is 24.8 Å². The van der Waals surface area contributed by atoms with E-state index in [1.165, 1.54) is 0 Å². The molecule has 2 aromatic rings. The fraction of sp³-hybridized carbons (Fsp3) is 0.316. The lowest BCUT2D eigenvalue weighted by molar-refractivity contribution is 0.174. The topological polar surface area (TPSA) is 64.1 Å². The Morgan fingerprint density at radius 3 is 2.56 bits per heavy atom. The maximum Gasteiger partial charge on any atom is 0.231 e. The van der Waals surface area contributed by atoms with Gasteiger partial charge in [0.25, 0.3) is 0 Å². The SMILES string of the molecule is CCOc1cccc(CNC(=NC)NCc2ccc3c(c2)OCO3)c1. The van der Waals surface area contributed by atoms with Crippen LogP contribution in [0.15, 0.2) is 47.5 Å². The number of hydrogen-bond acceptors (Lipinski definition) is 4. The summed E-state index contributed by atoms with van der Waals surface area (Å²) in [5, 5.41) is 6.60. The van der Waals surface area contributed by atoms with Gasteiger partial charge in [-0.3, -0.25) is 4.99 Å². The number of benzene rings is 2. The van der Waals surface area contributed by atoms with Crippen LogP contribution in [0.5, 0.6) is 17.2 Å². The Balaban J connectivity index is 1.52. The number of rotatable bonds is 6. The van der Waals surface area contributed by atoms with Gasteiger partial charge in [-0.15, -0.1) is 0 Å². The molecule has 2 aromatic carbocycles. The minimum Gasteiger partial charge on any atom is -0.494 e. The number of ether oxygens (including phenoxy) is 3. The molecule has 25 heavy (non-hydrogen) atoms. The molecule has 2 N–H and O–H groups in total. The normalized spacial score (nSPS) is 12.8. The zero-order chi connectivity index (χ0) is 17.5. The Morgan fingerprint density at radius 1 is 1.04 bits per heavy atom. The fourth-order valence-corrected chi connectivity index (χ4v) is 2.55. The van der Waals surface area contributed by atoms with Crippen molar-refractivity contribution in [1.29, 1.82) is 0 Å². The van der Waals surface area contributed by atoms with E-state index in [-0.39, 0.29) is 6.79 Å². The summed E-state index contributed by atoms with van der Waals surface area (Å²) in [5.74, 6) is 3.19. The number of nitrogens with one attached hydrogen (secondary N) is 2. The molecule has 0 aliphatic carbocycles. The summed E-state index contributed by atoms with van der Waals surface area (Å²) in [6.07, 6.45) is 0. The van der Waals surface area contributed by atoms with Crippen molar-refractivity contribution in [3.05, 3.63) is 53.6 Å². The summed E-state index contributed by atoms with van der Waals surface area (Å²) in [7, 11) is 1.76. The van der Waals surface area contributed by atoms with Crippen LogP contribution >= 0.6 is 0 Å². The third-order valence-corrected chi connectivity index (χ3v) is 3.79. The second kappa shape index (κ2) is 8.28. The zero-order valence-electron chi connectivity index (χ0n) is 14.5. The summed E-state index contributed by atoms with van der Waals surface area (Å²) in [5.41, 5.74) is 2.24. The highest BCUT2D eigenvalue weighted by Gasteiger charge is 2.13. The Bertz CT molecular complexity index is 746. The Hall–Kier alpha value is -2.89. The molecular weight excluding hydrogens is 318 g/mol. The lowest BCUT2D eigenvalue weighted by Gasteiger charge is -2.13. The molecule has 132 valence electrons. The van der Waals surface area contributed by atoms with Crippen LogP contribution in [0.4, 0.5) is 0 Å². The first kappa shape index (κ1) is 17.0. The van der Waals surface area contributed by atoms with Crippen molar-refractivity contribution in [3.63, 3.8) is 0 Å². The summed E-state index contributed by atoms with van der Waals surface area (Å²) >= 11 is 0. The van der Waals surface area contributed by atoms with Crippen molar-refractivity contribution in [2.45, 2.75) is 20.0 Å². The van der Waals surface area contributed by atoms with Gasteiger partial charge in [0.1, 0.15) is 5.75 Å². The highest BCUT2D eigenvalue weighted by atomic mass is 16.7. The second-order valence-corrected chi connectivity index (χ2v) is 5.55. The van der Waals surface area contributed by atoms with Crippen molar-refractivity contribution in [1.82, 2.24) is 10.6 Å². The van der Waals surface area contributed by atoms with Crippen LogP contribution in [0.2, 0.25) is 0 Å². The maximum absolute atomic E-state index is 5.53. The molecule has 0 atom stereocenters. The number of nitrogens with zero attached hydrogens (tertiary/aromatic N) is 1. The summed E-state index contributed by atoms with van der Waals surface area (Å²) in [4.78, 5) is 4.26. The van der Waals surface area contributed by atoms with Crippen molar-refractivity contribution >= 4 is 5.96 Å². The first-order valence-electron chi connectivity index (χ1n) is 8.33.